The van der Waals surface area contributed by atoms with Crippen LogP contribution in [0.5, 0.6) is 0 Å². The van der Waals surface area contributed by atoms with Gasteiger partial charge in [0.2, 0.25) is 0 Å². The van der Waals surface area contributed by atoms with Gasteiger partial charge < -0.3 is 0 Å². The van der Waals surface area contributed by atoms with Crippen LogP contribution in [0.25, 0.3) is 10.8 Å². The predicted molar refractivity (Wildman–Crippen MR) is 49.3 cm³/mol. The number of hydrogen-bond acceptors (Lipinski definition) is 2. The van der Waals surface area contributed by atoms with E-state index >= 15 is 0 Å². The molecular formula is C9H7ClN2. The van der Waals surface area contributed by atoms with E-state index in [-0.39, 0.29) is 0 Å². The summed E-state index contributed by atoms with van der Waals surface area (Å²) in [6.07, 6.45) is 3.56. The second-order valence-electron chi connectivity index (χ2n) is 2.68. The fourth-order valence-electron chi connectivity index (χ4n) is 1.12. The Kier molecular flexibility index (Phi) is 1.70. The number of aryl methyl sites for hydroxylation is 1. The van der Waals surface area contributed by atoms with Gasteiger partial charge in [0.05, 0.1) is 0 Å². The minimum atomic E-state index is 0.508. The number of halogens is 1. The molecule has 0 saturated carbocycles. The summed E-state index contributed by atoms with van der Waals surface area (Å²) in [5, 5.41) is 2.61. The lowest BCUT2D eigenvalue weighted by molar-refractivity contribution is 1.22. The lowest BCUT2D eigenvalue weighted by atomic mass is 10.2. The molecule has 0 fully saturated rings. The minimum Gasteiger partial charge on any atom is -0.261 e. The van der Waals surface area contributed by atoms with Gasteiger partial charge in [0.25, 0.3) is 0 Å². The zero-order valence-electron chi connectivity index (χ0n) is 6.58. The Bertz CT molecular complexity index is 385. The molecule has 0 amide bonds. The highest BCUT2D eigenvalue weighted by Crippen LogP contribution is 2.15. The average molecular weight is 179 g/mol. The first-order valence-corrected chi connectivity index (χ1v) is 4.01. The van der Waals surface area contributed by atoms with Crippen molar-refractivity contribution >= 4 is 22.4 Å². The van der Waals surface area contributed by atoms with Crippen molar-refractivity contribution < 1.29 is 0 Å². The van der Waals surface area contributed by atoms with Crippen LogP contribution in [0.4, 0.5) is 0 Å². The molecule has 2 heterocycles. The molecule has 0 bridgehead atoms. The molecule has 0 aliphatic heterocycles. The summed E-state index contributed by atoms with van der Waals surface area (Å²) in [5.41, 5.74) is 0.992. The van der Waals surface area contributed by atoms with Crippen LogP contribution in [0.15, 0.2) is 24.5 Å². The monoisotopic (exact) mass is 178 g/mol. The van der Waals surface area contributed by atoms with Crippen LogP contribution in [0.3, 0.4) is 0 Å². The van der Waals surface area contributed by atoms with E-state index in [0.29, 0.717) is 5.15 Å². The summed E-state index contributed by atoms with van der Waals surface area (Å²) in [6.45, 7) is 1.95. The van der Waals surface area contributed by atoms with Gasteiger partial charge in [0, 0.05) is 28.9 Å². The van der Waals surface area contributed by atoms with Crippen LogP contribution in [-0.2, 0) is 0 Å². The summed E-state index contributed by atoms with van der Waals surface area (Å²) in [6, 6.07) is 3.79. The standard InChI is InChI=1S/C9H7ClN2/c1-6-2-7-5-12-9(10)3-8(7)4-11-6/h2-5H,1H3. The molecule has 0 aliphatic rings. The van der Waals surface area contributed by atoms with E-state index in [1.54, 1.807) is 12.4 Å². The molecule has 0 aliphatic carbocycles. The third-order valence-corrected chi connectivity index (χ3v) is 1.91. The number of rotatable bonds is 0. The van der Waals surface area contributed by atoms with Gasteiger partial charge >= 0.3 is 0 Å². The van der Waals surface area contributed by atoms with E-state index in [1.807, 2.05) is 19.1 Å². The molecule has 12 heavy (non-hydrogen) atoms. The van der Waals surface area contributed by atoms with Gasteiger partial charge in [-0.05, 0) is 19.1 Å². The summed E-state index contributed by atoms with van der Waals surface area (Å²) in [4.78, 5) is 8.15. The van der Waals surface area contributed by atoms with Gasteiger partial charge in [-0.2, -0.15) is 0 Å². The van der Waals surface area contributed by atoms with E-state index in [0.717, 1.165) is 16.5 Å². The fraction of sp³-hybridized carbons (Fsp3) is 0.111. The van der Waals surface area contributed by atoms with Crippen molar-refractivity contribution in [1.29, 1.82) is 0 Å². The topological polar surface area (TPSA) is 25.8 Å². The molecule has 2 aromatic heterocycles. The zero-order valence-corrected chi connectivity index (χ0v) is 7.34. The molecule has 0 spiro atoms. The van der Waals surface area contributed by atoms with E-state index in [2.05, 4.69) is 9.97 Å². The normalized spacial score (nSPS) is 10.5. The Balaban J connectivity index is 2.79. The smallest absolute Gasteiger partial charge is 0.129 e. The minimum absolute atomic E-state index is 0.508. The molecule has 3 heteroatoms. The maximum absolute atomic E-state index is 5.72. The Morgan fingerprint density at radius 3 is 2.58 bits per heavy atom. The quantitative estimate of drug-likeness (QED) is 0.580. The first kappa shape index (κ1) is 7.50. The van der Waals surface area contributed by atoms with Gasteiger partial charge in [0.15, 0.2) is 0 Å². The summed E-state index contributed by atoms with van der Waals surface area (Å²) in [7, 11) is 0. The van der Waals surface area contributed by atoms with Crippen LogP contribution in [0.1, 0.15) is 5.69 Å². The van der Waals surface area contributed by atoms with Crippen molar-refractivity contribution in [2.45, 2.75) is 6.92 Å². The first-order valence-electron chi connectivity index (χ1n) is 3.63. The van der Waals surface area contributed by atoms with Gasteiger partial charge in [0.1, 0.15) is 5.15 Å². The van der Waals surface area contributed by atoms with E-state index < -0.39 is 0 Å². The number of fused-ring (bicyclic) bond motifs is 1. The van der Waals surface area contributed by atoms with Crippen molar-refractivity contribution in [3.05, 3.63) is 35.4 Å². The van der Waals surface area contributed by atoms with E-state index in [1.165, 1.54) is 0 Å². The number of hydrogen-bond donors (Lipinski definition) is 0. The molecule has 2 rings (SSSR count). The molecule has 0 N–H and O–H groups in total. The van der Waals surface area contributed by atoms with Gasteiger partial charge in [-0.3, -0.25) is 4.98 Å². The van der Waals surface area contributed by atoms with Crippen LogP contribution in [-0.4, -0.2) is 9.97 Å². The maximum atomic E-state index is 5.72. The van der Waals surface area contributed by atoms with Crippen LogP contribution < -0.4 is 0 Å². The highest BCUT2D eigenvalue weighted by Gasteiger charge is 1.95. The van der Waals surface area contributed by atoms with Crippen molar-refractivity contribution in [3.63, 3.8) is 0 Å². The summed E-state index contributed by atoms with van der Waals surface area (Å²) < 4.78 is 0. The highest BCUT2D eigenvalue weighted by atomic mass is 35.5. The van der Waals surface area contributed by atoms with Crippen molar-refractivity contribution in [2.75, 3.05) is 0 Å². The second-order valence-corrected chi connectivity index (χ2v) is 3.07. The predicted octanol–water partition coefficient (Wildman–Crippen LogP) is 2.59. The van der Waals surface area contributed by atoms with Gasteiger partial charge in [-0.1, -0.05) is 11.6 Å². The molecule has 2 aromatic rings. The summed E-state index contributed by atoms with van der Waals surface area (Å²) in [5.74, 6) is 0. The molecule has 0 aromatic carbocycles. The molecule has 60 valence electrons. The molecule has 0 saturated heterocycles. The molecule has 2 nitrogen and oxygen atoms in total. The Morgan fingerprint density at radius 1 is 1.08 bits per heavy atom. The zero-order chi connectivity index (χ0) is 8.55. The maximum Gasteiger partial charge on any atom is 0.129 e. The van der Waals surface area contributed by atoms with Crippen molar-refractivity contribution in [2.24, 2.45) is 0 Å². The van der Waals surface area contributed by atoms with Gasteiger partial charge in [-0.15, -0.1) is 0 Å². The largest absolute Gasteiger partial charge is 0.261 e. The molecular weight excluding hydrogens is 172 g/mol. The van der Waals surface area contributed by atoms with Gasteiger partial charge in [-0.25, -0.2) is 4.98 Å². The SMILES string of the molecule is Cc1cc2cnc(Cl)cc2cn1. The third-order valence-electron chi connectivity index (χ3n) is 1.71. The number of aromatic nitrogens is 2. The fourth-order valence-corrected chi connectivity index (χ4v) is 1.29. The lowest BCUT2D eigenvalue weighted by Gasteiger charge is -1.97. The van der Waals surface area contributed by atoms with E-state index in [4.69, 9.17) is 11.6 Å². The Morgan fingerprint density at radius 2 is 1.75 bits per heavy atom. The second kappa shape index (κ2) is 2.72. The first-order chi connectivity index (χ1) is 5.75. The highest BCUT2D eigenvalue weighted by molar-refractivity contribution is 6.30. The Labute approximate surface area is 75.2 Å². The number of pyridine rings is 2. The molecule has 0 radical (unpaired) electrons. The average Bonchev–Trinajstić information content (AvgIpc) is 2.05. The van der Waals surface area contributed by atoms with Crippen LogP contribution >= 0.6 is 11.6 Å². The number of nitrogens with zero attached hydrogens (tertiary/aromatic N) is 2. The Hall–Kier alpha value is -1.15. The van der Waals surface area contributed by atoms with Crippen molar-refractivity contribution in [3.8, 4) is 0 Å². The van der Waals surface area contributed by atoms with Crippen LogP contribution in [0.2, 0.25) is 5.15 Å². The van der Waals surface area contributed by atoms with Crippen molar-refractivity contribution in [1.82, 2.24) is 9.97 Å². The lowest BCUT2D eigenvalue weighted by Crippen LogP contribution is -1.82. The third kappa shape index (κ3) is 1.25. The molecule has 0 unspecified atom stereocenters. The molecule has 0 atom stereocenters. The van der Waals surface area contributed by atoms with E-state index in [9.17, 15) is 0 Å². The summed E-state index contributed by atoms with van der Waals surface area (Å²) >= 11 is 5.72. The van der Waals surface area contributed by atoms with Crippen LogP contribution in [0, 0.1) is 6.92 Å².